The molecule has 0 saturated carbocycles. The molecule has 13 nitrogen and oxygen atoms in total. The van der Waals surface area contributed by atoms with Gasteiger partial charge in [0.2, 0.25) is 0 Å². The molecule has 1 aromatic heterocycles. The van der Waals surface area contributed by atoms with E-state index in [1.807, 2.05) is 4.98 Å². The van der Waals surface area contributed by atoms with Crippen LogP contribution < -0.4 is 11.2 Å². The van der Waals surface area contributed by atoms with E-state index in [4.69, 9.17) is 14.5 Å². The van der Waals surface area contributed by atoms with E-state index in [1.54, 1.807) is 0 Å². The van der Waals surface area contributed by atoms with Crippen molar-refractivity contribution in [1.29, 1.82) is 0 Å². The van der Waals surface area contributed by atoms with E-state index in [-0.39, 0.29) is 0 Å². The lowest BCUT2D eigenvalue weighted by atomic mass is 10.1. The Morgan fingerprint density at radius 3 is 2.48 bits per heavy atom. The van der Waals surface area contributed by atoms with Gasteiger partial charge in [0, 0.05) is 12.3 Å². The number of phosphoric ester groups is 1. The number of H-pyrrole nitrogens is 1. The number of aliphatic hydroxyl groups excluding tert-OH is 2. The summed E-state index contributed by atoms with van der Waals surface area (Å²) in [4.78, 5) is 51.6. The molecule has 6 N–H and O–H groups in total. The van der Waals surface area contributed by atoms with Crippen molar-refractivity contribution in [3.05, 3.63) is 33.1 Å². The minimum absolute atomic E-state index is 0.684. The molecule has 1 aliphatic rings. The smallest absolute Gasteiger partial charge is 0.387 e. The van der Waals surface area contributed by atoms with E-state index in [1.165, 1.54) is 0 Å². The number of aromatic amines is 1. The average molecular weight is 420 g/mol. The van der Waals surface area contributed by atoms with Gasteiger partial charge in [0.25, 0.3) is 5.56 Å². The summed E-state index contributed by atoms with van der Waals surface area (Å²) in [7, 11) is -4.96. The summed E-state index contributed by atoms with van der Waals surface area (Å²) in [6.07, 6.45) is -5.02. The lowest BCUT2D eigenvalue weighted by Gasteiger charge is -2.18. The van der Waals surface area contributed by atoms with Crippen LogP contribution in [-0.2, 0) is 29.9 Å². The van der Waals surface area contributed by atoms with Gasteiger partial charge in [-0.15, -0.1) is 0 Å². The molecule has 5 unspecified atom stereocenters. The van der Waals surface area contributed by atoms with Crippen LogP contribution in [0.1, 0.15) is 6.23 Å². The third kappa shape index (κ3) is 5.36. The largest absolute Gasteiger partial charge is 0.479 e. The number of rotatable bonds is 6. The first-order chi connectivity index (χ1) is 11.4. The maximum atomic E-state index is 11.7. The standard InChI is InChI=1S/C9H14N2O11P2S/c12-5-1-2-11(9(15)10-5)8-7(14)6(13)4(21-8)3-20-23(16,17)22-24(18,19)25/h1-2,4,6-8,13-14H,3H2,(H,16,17)(H,10,12,15)(H2,18,19,25). The molecular formula is C9H14N2O11P2S. The van der Waals surface area contributed by atoms with E-state index in [9.17, 15) is 29.3 Å². The Bertz CT molecular complexity index is 833. The third-order valence-corrected chi connectivity index (χ3v) is 5.83. The molecule has 0 amide bonds. The van der Waals surface area contributed by atoms with Gasteiger partial charge in [0.1, 0.15) is 18.3 Å². The molecule has 0 bridgehead atoms. The van der Waals surface area contributed by atoms with E-state index < -0.39 is 56.9 Å². The van der Waals surface area contributed by atoms with Crippen molar-refractivity contribution in [3.63, 3.8) is 0 Å². The second kappa shape index (κ2) is 7.47. The van der Waals surface area contributed by atoms with Gasteiger partial charge < -0.3 is 29.6 Å². The number of ether oxygens (including phenoxy) is 1. The molecule has 1 aliphatic heterocycles. The monoisotopic (exact) mass is 420 g/mol. The van der Waals surface area contributed by atoms with Crippen molar-refractivity contribution in [1.82, 2.24) is 9.55 Å². The summed E-state index contributed by atoms with van der Waals surface area (Å²) >= 11 is 4.03. The second-order valence-corrected chi connectivity index (χ2v) is 9.16. The first-order valence-corrected chi connectivity index (χ1v) is 10.6. The predicted molar refractivity (Wildman–Crippen MR) is 82.8 cm³/mol. The summed E-state index contributed by atoms with van der Waals surface area (Å²) in [5.41, 5.74) is -1.60. The number of hydrogen-bond acceptors (Lipinski definition) is 9. The number of hydrogen-bond donors (Lipinski definition) is 6. The van der Waals surface area contributed by atoms with Crippen LogP contribution in [0.3, 0.4) is 0 Å². The zero-order valence-electron chi connectivity index (χ0n) is 12.1. The normalized spacial score (nSPS) is 29.5. The molecule has 0 aliphatic carbocycles. The maximum absolute atomic E-state index is 11.7. The van der Waals surface area contributed by atoms with E-state index >= 15 is 0 Å². The molecule has 0 spiro atoms. The Morgan fingerprint density at radius 1 is 1.28 bits per heavy atom. The Morgan fingerprint density at radius 2 is 1.92 bits per heavy atom. The number of phosphoric acid groups is 1. The van der Waals surface area contributed by atoms with Gasteiger partial charge in [-0.3, -0.25) is 18.9 Å². The lowest BCUT2D eigenvalue weighted by molar-refractivity contribution is -0.0541. The SMILES string of the molecule is O=c1ccn(C2OC(COP(=O)(O)OP(O)(O)=S)C(O)C2O)c(=O)[nH]1. The van der Waals surface area contributed by atoms with Crippen molar-refractivity contribution in [2.75, 3.05) is 6.61 Å². The van der Waals surface area contributed by atoms with Crippen LogP contribution in [0, 0.1) is 0 Å². The highest BCUT2D eigenvalue weighted by Gasteiger charge is 2.45. The van der Waals surface area contributed by atoms with Crippen molar-refractivity contribution < 1.29 is 43.0 Å². The molecule has 25 heavy (non-hydrogen) atoms. The van der Waals surface area contributed by atoms with Crippen LogP contribution in [0.4, 0.5) is 0 Å². The number of aromatic nitrogens is 2. The van der Waals surface area contributed by atoms with E-state index in [0.29, 0.717) is 0 Å². The number of nitrogens with zero attached hydrogens (tertiary/aromatic N) is 1. The molecule has 2 rings (SSSR count). The Balaban J connectivity index is 2.09. The molecule has 0 radical (unpaired) electrons. The molecule has 1 saturated heterocycles. The molecule has 5 atom stereocenters. The van der Waals surface area contributed by atoms with Crippen molar-refractivity contribution >= 4 is 26.3 Å². The van der Waals surface area contributed by atoms with Crippen molar-refractivity contribution in [2.24, 2.45) is 0 Å². The van der Waals surface area contributed by atoms with E-state index in [2.05, 4.69) is 20.6 Å². The molecule has 2 heterocycles. The minimum Gasteiger partial charge on any atom is -0.387 e. The molecular weight excluding hydrogens is 406 g/mol. The molecule has 142 valence electrons. The lowest BCUT2D eigenvalue weighted by Crippen LogP contribution is -2.37. The molecule has 0 aromatic carbocycles. The first kappa shape index (κ1) is 20.6. The number of aliphatic hydroxyl groups is 2. The fourth-order valence-corrected chi connectivity index (χ4v) is 4.41. The zero-order chi connectivity index (χ0) is 19.0. The summed E-state index contributed by atoms with van der Waals surface area (Å²) in [5.74, 6) is 0. The predicted octanol–water partition coefficient (Wildman–Crippen LogP) is -2.50. The topological polar surface area (TPSA) is 201 Å². The summed E-state index contributed by atoms with van der Waals surface area (Å²) in [6.45, 7) is -5.29. The average Bonchev–Trinajstić information content (AvgIpc) is 2.71. The van der Waals surface area contributed by atoms with Gasteiger partial charge >= 0.3 is 20.2 Å². The third-order valence-electron chi connectivity index (χ3n) is 3.07. The highest BCUT2D eigenvalue weighted by atomic mass is 32.5. The Kier molecular flexibility index (Phi) is 6.14. The van der Waals surface area contributed by atoms with Crippen LogP contribution in [0.2, 0.25) is 0 Å². The van der Waals surface area contributed by atoms with E-state index in [0.717, 1.165) is 16.8 Å². The summed E-state index contributed by atoms with van der Waals surface area (Å²) < 4.78 is 25.8. The minimum atomic E-state index is -4.96. The zero-order valence-corrected chi connectivity index (χ0v) is 14.7. The van der Waals surface area contributed by atoms with Crippen molar-refractivity contribution in [3.8, 4) is 0 Å². The van der Waals surface area contributed by atoms with Crippen LogP contribution in [0.15, 0.2) is 21.9 Å². The van der Waals surface area contributed by atoms with Crippen LogP contribution >= 0.6 is 14.5 Å². The second-order valence-electron chi connectivity index (χ2n) is 4.90. The summed E-state index contributed by atoms with van der Waals surface area (Å²) in [6, 6.07) is 0.985. The fraction of sp³-hybridized carbons (Fsp3) is 0.556. The summed E-state index contributed by atoms with van der Waals surface area (Å²) in [5, 5.41) is 19.9. The quantitative estimate of drug-likeness (QED) is 0.265. The maximum Gasteiger partial charge on any atom is 0.479 e. The first-order valence-electron chi connectivity index (χ1n) is 6.47. The Hall–Kier alpha value is -0.760. The fourth-order valence-electron chi connectivity index (χ4n) is 2.05. The highest BCUT2D eigenvalue weighted by Crippen LogP contribution is 2.57. The van der Waals surface area contributed by atoms with Crippen molar-refractivity contribution in [2.45, 2.75) is 24.5 Å². The van der Waals surface area contributed by atoms with Crippen LogP contribution in [0.25, 0.3) is 0 Å². The molecule has 1 aromatic rings. The molecule has 16 heteroatoms. The van der Waals surface area contributed by atoms with Gasteiger partial charge in [-0.25, -0.2) is 13.7 Å². The highest BCUT2D eigenvalue weighted by molar-refractivity contribution is 8.08. The Labute approximate surface area is 143 Å². The van der Waals surface area contributed by atoms with Crippen LogP contribution in [0.5, 0.6) is 0 Å². The van der Waals surface area contributed by atoms with Gasteiger partial charge in [0.05, 0.1) is 6.61 Å². The van der Waals surface area contributed by atoms with Crippen LogP contribution in [-0.4, -0.2) is 59.4 Å². The van der Waals surface area contributed by atoms with Gasteiger partial charge in [-0.05, 0) is 11.8 Å². The molecule has 1 fully saturated rings. The number of nitrogens with one attached hydrogen (secondary N) is 1. The van der Waals surface area contributed by atoms with Gasteiger partial charge in [0.15, 0.2) is 6.23 Å². The van der Waals surface area contributed by atoms with Gasteiger partial charge in [-0.1, -0.05) is 0 Å². The van der Waals surface area contributed by atoms with Gasteiger partial charge in [-0.2, -0.15) is 0 Å².